The van der Waals surface area contributed by atoms with E-state index >= 15 is 0 Å². The fraction of sp³-hybridized carbons (Fsp3) is 0.562. The summed E-state index contributed by atoms with van der Waals surface area (Å²) in [7, 11) is 0. The van der Waals surface area contributed by atoms with E-state index in [1.165, 1.54) is 6.07 Å². The Morgan fingerprint density at radius 1 is 1.29 bits per heavy atom. The maximum Gasteiger partial charge on any atom is 0.170 e. The average Bonchev–Trinajstić information content (AvgIpc) is 2.33. The Balaban J connectivity index is 2.76. The van der Waals surface area contributed by atoms with Crippen molar-refractivity contribution in [3.63, 3.8) is 0 Å². The Hall–Kier alpha value is -1.62. The minimum atomic E-state index is -0.363. The summed E-state index contributed by atoms with van der Waals surface area (Å²) in [6.45, 7) is 11.2. The van der Waals surface area contributed by atoms with Gasteiger partial charge in [-0.05, 0) is 31.7 Å². The van der Waals surface area contributed by atoms with Crippen LogP contribution in [0.3, 0.4) is 0 Å². The molecule has 0 amide bonds. The van der Waals surface area contributed by atoms with Crippen molar-refractivity contribution in [2.45, 2.75) is 53.1 Å². The van der Waals surface area contributed by atoms with Gasteiger partial charge in [-0.3, -0.25) is 0 Å². The molecule has 0 aliphatic rings. The zero-order valence-electron chi connectivity index (χ0n) is 13.5. The van der Waals surface area contributed by atoms with Gasteiger partial charge in [0.25, 0.3) is 0 Å². The zero-order chi connectivity index (χ0) is 16.3. The Kier molecular flexibility index (Phi) is 5.34. The number of nitrogens with zero attached hydrogens (tertiary/aromatic N) is 1. The third kappa shape index (κ3) is 5.71. The molecule has 5 heteroatoms. The molecule has 0 saturated carbocycles. The van der Waals surface area contributed by atoms with E-state index < -0.39 is 0 Å². The van der Waals surface area contributed by atoms with Crippen LogP contribution in [0.4, 0.5) is 4.39 Å². The van der Waals surface area contributed by atoms with Crippen LogP contribution in [0, 0.1) is 11.2 Å². The highest BCUT2D eigenvalue weighted by Crippen LogP contribution is 2.27. The Bertz CT molecular complexity index is 519. The highest BCUT2D eigenvalue weighted by molar-refractivity contribution is 5.97. The van der Waals surface area contributed by atoms with Gasteiger partial charge in [0.05, 0.1) is 0 Å². The average molecular weight is 295 g/mol. The topological polar surface area (TPSA) is 70.6 Å². The first kappa shape index (κ1) is 17.4. The molecule has 0 unspecified atom stereocenters. The number of halogens is 1. The number of nitrogens with two attached hydrogens (primary N) is 1. The quantitative estimate of drug-likeness (QED) is 0.338. The van der Waals surface area contributed by atoms with Crippen molar-refractivity contribution in [3.05, 3.63) is 35.1 Å². The van der Waals surface area contributed by atoms with Crippen molar-refractivity contribution < 1.29 is 9.60 Å². The molecule has 0 saturated heterocycles. The maximum atomic E-state index is 14.0. The van der Waals surface area contributed by atoms with Gasteiger partial charge in [0, 0.05) is 23.2 Å². The predicted octanol–water partition coefficient (Wildman–Crippen LogP) is 3.22. The van der Waals surface area contributed by atoms with Gasteiger partial charge in [0.2, 0.25) is 0 Å². The van der Waals surface area contributed by atoms with Crippen LogP contribution in [0.15, 0.2) is 23.4 Å². The molecule has 0 aliphatic carbocycles. The lowest BCUT2D eigenvalue weighted by molar-refractivity contribution is 0.240. The molecular weight excluding hydrogens is 269 g/mol. The first-order chi connectivity index (χ1) is 9.54. The van der Waals surface area contributed by atoms with Gasteiger partial charge in [-0.15, -0.1) is 0 Å². The monoisotopic (exact) mass is 295 g/mol. The molecule has 4 nitrogen and oxygen atoms in total. The number of oxime groups is 1. The highest BCUT2D eigenvalue weighted by Gasteiger charge is 2.25. The van der Waals surface area contributed by atoms with Crippen LogP contribution in [0.2, 0.25) is 0 Å². The molecule has 21 heavy (non-hydrogen) atoms. The van der Waals surface area contributed by atoms with Crippen LogP contribution in [-0.4, -0.2) is 16.6 Å². The van der Waals surface area contributed by atoms with E-state index in [0.29, 0.717) is 17.7 Å². The van der Waals surface area contributed by atoms with Crippen molar-refractivity contribution in [2.75, 3.05) is 0 Å². The summed E-state index contributed by atoms with van der Waals surface area (Å²) in [5.74, 6) is -0.459. The second-order valence-electron chi connectivity index (χ2n) is 7.27. The standard InChI is InChI=1S/C16H26FN3O/c1-15(2,3)10-16(4,5)19-9-12-7-6-11(8-13(12)17)14(18)20-21/h6-8,19,21H,9-10H2,1-5H3,(H2,18,20). The van der Waals surface area contributed by atoms with Gasteiger partial charge in [-0.25, -0.2) is 4.39 Å². The number of benzene rings is 1. The normalized spacial score (nSPS) is 13.5. The number of amidine groups is 1. The minimum absolute atomic E-state index is 0.0883. The van der Waals surface area contributed by atoms with Gasteiger partial charge >= 0.3 is 0 Å². The van der Waals surface area contributed by atoms with Crippen molar-refractivity contribution >= 4 is 5.84 Å². The van der Waals surface area contributed by atoms with E-state index in [2.05, 4.69) is 45.1 Å². The summed E-state index contributed by atoms with van der Waals surface area (Å²) in [5.41, 5.74) is 6.48. The zero-order valence-corrected chi connectivity index (χ0v) is 13.5. The van der Waals surface area contributed by atoms with E-state index in [1.807, 2.05) is 0 Å². The van der Waals surface area contributed by atoms with E-state index in [1.54, 1.807) is 12.1 Å². The van der Waals surface area contributed by atoms with Gasteiger partial charge in [0.1, 0.15) is 5.82 Å². The number of hydrogen-bond acceptors (Lipinski definition) is 3. The lowest BCUT2D eigenvalue weighted by Gasteiger charge is -2.33. The third-order valence-corrected chi connectivity index (χ3v) is 3.19. The third-order valence-electron chi connectivity index (χ3n) is 3.19. The first-order valence-corrected chi connectivity index (χ1v) is 7.05. The van der Waals surface area contributed by atoms with Crippen LogP contribution in [0.25, 0.3) is 0 Å². The van der Waals surface area contributed by atoms with E-state index in [-0.39, 0.29) is 22.6 Å². The van der Waals surface area contributed by atoms with Gasteiger partial charge in [0.15, 0.2) is 5.84 Å². The molecular formula is C16H26FN3O. The minimum Gasteiger partial charge on any atom is -0.409 e. The Labute approximate surface area is 126 Å². The molecule has 4 N–H and O–H groups in total. The second-order valence-corrected chi connectivity index (χ2v) is 7.27. The maximum absolute atomic E-state index is 14.0. The summed E-state index contributed by atoms with van der Waals surface area (Å²) in [5, 5.41) is 14.8. The Morgan fingerprint density at radius 2 is 1.90 bits per heavy atom. The predicted molar refractivity (Wildman–Crippen MR) is 83.9 cm³/mol. The summed E-state index contributed by atoms with van der Waals surface area (Å²) in [4.78, 5) is 0. The molecule has 0 heterocycles. The highest BCUT2D eigenvalue weighted by atomic mass is 19.1. The van der Waals surface area contributed by atoms with E-state index in [9.17, 15) is 4.39 Å². The van der Waals surface area contributed by atoms with E-state index in [0.717, 1.165) is 6.42 Å². The van der Waals surface area contributed by atoms with Crippen LogP contribution in [0.5, 0.6) is 0 Å². The summed E-state index contributed by atoms with van der Waals surface area (Å²) in [6.07, 6.45) is 0.976. The fourth-order valence-corrected chi connectivity index (χ4v) is 2.63. The molecule has 0 aromatic heterocycles. The first-order valence-electron chi connectivity index (χ1n) is 7.05. The molecule has 1 aromatic rings. The number of hydrogen-bond donors (Lipinski definition) is 3. The summed E-state index contributed by atoms with van der Waals surface area (Å²) in [6, 6.07) is 4.58. The molecule has 0 bridgehead atoms. The largest absolute Gasteiger partial charge is 0.409 e. The van der Waals surface area contributed by atoms with Crippen molar-refractivity contribution in [2.24, 2.45) is 16.3 Å². The smallest absolute Gasteiger partial charge is 0.170 e. The Morgan fingerprint density at radius 3 is 2.38 bits per heavy atom. The molecule has 0 radical (unpaired) electrons. The molecule has 0 spiro atoms. The second kappa shape index (κ2) is 6.43. The van der Waals surface area contributed by atoms with Crippen LogP contribution in [-0.2, 0) is 6.54 Å². The van der Waals surface area contributed by atoms with Crippen molar-refractivity contribution in [3.8, 4) is 0 Å². The SMILES string of the molecule is CC(C)(C)CC(C)(C)NCc1ccc(C(N)=NO)cc1F. The lowest BCUT2D eigenvalue weighted by Crippen LogP contribution is -2.42. The molecule has 0 fully saturated rings. The van der Waals surface area contributed by atoms with Crippen LogP contribution < -0.4 is 11.1 Å². The summed E-state index contributed by atoms with van der Waals surface area (Å²) >= 11 is 0. The molecule has 1 aromatic carbocycles. The van der Waals surface area contributed by atoms with Gasteiger partial charge < -0.3 is 16.3 Å². The molecule has 0 atom stereocenters. The van der Waals surface area contributed by atoms with Gasteiger partial charge in [-0.2, -0.15) is 0 Å². The molecule has 118 valence electrons. The van der Waals surface area contributed by atoms with Crippen molar-refractivity contribution in [1.29, 1.82) is 0 Å². The summed E-state index contributed by atoms with van der Waals surface area (Å²) < 4.78 is 14.0. The number of nitrogens with one attached hydrogen (secondary N) is 1. The number of rotatable bonds is 5. The van der Waals surface area contributed by atoms with E-state index in [4.69, 9.17) is 10.9 Å². The lowest BCUT2D eigenvalue weighted by atomic mass is 9.82. The van der Waals surface area contributed by atoms with Crippen molar-refractivity contribution in [1.82, 2.24) is 5.32 Å². The molecule has 0 aliphatic heterocycles. The van der Waals surface area contributed by atoms with Crippen LogP contribution >= 0.6 is 0 Å². The van der Waals surface area contributed by atoms with Crippen LogP contribution in [0.1, 0.15) is 52.2 Å². The fourth-order valence-electron chi connectivity index (χ4n) is 2.63. The van der Waals surface area contributed by atoms with Gasteiger partial charge in [-0.1, -0.05) is 38.1 Å². The molecule has 1 rings (SSSR count).